The fraction of sp³-hybridized carbons (Fsp3) is 0.231. The number of aryl methyl sites for hydroxylation is 1. The summed E-state index contributed by atoms with van der Waals surface area (Å²) in [7, 11) is 0. The molecule has 0 saturated carbocycles. The molecule has 0 aliphatic rings. The molecule has 0 radical (unpaired) electrons. The fourth-order valence-electron chi connectivity index (χ4n) is 1.71. The molecule has 0 bridgehead atoms. The number of hydrogen-bond acceptors (Lipinski definition) is 2. The van der Waals surface area contributed by atoms with E-state index in [1.165, 1.54) is 18.2 Å². The Morgan fingerprint density at radius 2 is 2.29 bits per heavy atom. The van der Waals surface area contributed by atoms with Gasteiger partial charge in [-0.05, 0) is 24.6 Å². The van der Waals surface area contributed by atoms with E-state index in [1.807, 2.05) is 6.20 Å². The van der Waals surface area contributed by atoms with Crippen molar-refractivity contribution in [1.82, 2.24) is 9.78 Å². The van der Waals surface area contributed by atoms with Gasteiger partial charge in [0, 0.05) is 23.9 Å². The fourth-order valence-corrected chi connectivity index (χ4v) is 1.71. The van der Waals surface area contributed by atoms with Gasteiger partial charge in [0.2, 0.25) is 0 Å². The Balaban J connectivity index is 2.44. The highest BCUT2D eigenvalue weighted by atomic mass is 19.1. The highest BCUT2D eigenvalue weighted by Crippen LogP contribution is 2.23. The van der Waals surface area contributed by atoms with E-state index in [4.69, 9.17) is 5.26 Å². The molecular formula is C13H12FN3. The van der Waals surface area contributed by atoms with Crippen molar-refractivity contribution in [2.24, 2.45) is 0 Å². The number of rotatable bonds is 3. The van der Waals surface area contributed by atoms with Gasteiger partial charge in [-0.3, -0.25) is 4.68 Å². The number of nitrogens with zero attached hydrogens (tertiary/aromatic N) is 3. The molecule has 86 valence electrons. The molecule has 0 aliphatic heterocycles. The SMILES string of the molecule is CCCn1cc(-c2cc(F)ccc2C#N)cn1. The molecule has 0 atom stereocenters. The quantitative estimate of drug-likeness (QED) is 0.811. The first kappa shape index (κ1) is 11.3. The van der Waals surface area contributed by atoms with Crippen LogP contribution >= 0.6 is 0 Å². The summed E-state index contributed by atoms with van der Waals surface area (Å²) in [5, 5.41) is 13.2. The number of nitriles is 1. The third kappa shape index (κ3) is 2.34. The van der Waals surface area contributed by atoms with Gasteiger partial charge in [0.05, 0.1) is 17.8 Å². The smallest absolute Gasteiger partial charge is 0.123 e. The summed E-state index contributed by atoms with van der Waals surface area (Å²) in [4.78, 5) is 0. The van der Waals surface area contributed by atoms with Gasteiger partial charge in [0.15, 0.2) is 0 Å². The summed E-state index contributed by atoms with van der Waals surface area (Å²) < 4.78 is 15.0. The second kappa shape index (κ2) is 4.79. The van der Waals surface area contributed by atoms with Crippen molar-refractivity contribution >= 4 is 0 Å². The standard InChI is InChI=1S/C13H12FN3/c1-2-5-17-9-11(8-16-17)13-6-12(14)4-3-10(13)7-15/h3-4,6,8-9H,2,5H2,1H3. The maximum absolute atomic E-state index is 13.2. The Hall–Kier alpha value is -2.15. The largest absolute Gasteiger partial charge is 0.272 e. The van der Waals surface area contributed by atoms with Gasteiger partial charge in [0.1, 0.15) is 5.82 Å². The van der Waals surface area contributed by atoms with Crippen LogP contribution in [0.3, 0.4) is 0 Å². The van der Waals surface area contributed by atoms with Gasteiger partial charge < -0.3 is 0 Å². The predicted molar refractivity (Wildman–Crippen MR) is 62.6 cm³/mol. The molecule has 0 fully saturated rings. The predicted octanol–water partition coefficient (Wildman–Crippen LogP) is 2.97. The minimum atomic E-state index is -0.345. The molecule has 1 aromatic carbocycles. The lowest BCUT2D eigenvalue weighted by molar-refractivity contribution is 0.603. The molecule has 0 saturated heterocycles. The maximum atomic E-state index is 13.2. The van der Waals surface area contributed by atoms with Crippen LogP contribution in [-0.2, 0) is 6.54 Å². The van der Waals surface area contributed by atoms with Crippen LogP contribution in [0.15, 0.2) is 30.6 Å². The van der Waals surface area contributed by atoms with Gasteiger partial charge in [0.25, 0.3) is 0 Å². The van der Waals surface area contributed by atoms with Gasteiger partial charge >= 0.3 is 0 Å². The Morgan fingerprint density at radius 3 is 3.00 bits per heavy atom. The van der Waals surface area contributed by atoms with Crippen LogP contribution in [0.25, 0.3) is 11.1 Å². The Morgan fingerprint density at radius 1 is 1.47 bits per heavy atom. The van der Waals surface area contributed by atoms with Crippen LogP contribution < -0.4 is 0 Å². The van der Waals surface area contributed by atoms with Crippen molar-refractivity contribution in [2.45, 2.75) is 19.9 Å². The highest BCUT2D eigenvalue weighted by molar-refractivity contribution is 5.69. The number of benzene rings is 1. The molecule has 1 aromatic heterocycles. The van der Waals surface area contributed by atoms with Crippen molar-refractivity contribution in [3.05, 3.63) is 42.0 Å². The monoisotopic (exact) mass is 229 g/mol. The maximum Gasteiger partial charge on any atom is 0.123 e. The van der Waals surface area contributed by atoms with Crippen LogP contribution in [0.4, 0.5) is 4.39 Å². The van der Waals surface area contributed by atoms with E-state index in [-0.39, 0.29) is 5.82 Å². The summed E-state index contributed by atoms with van der Waals surface area (Å²) in [5.41, 5.74) is 1.83. The third-order valence-electron chi connectivity index (χ3n) is 2.50. The molecule has 0 amide bonds. The van der Waals surface area contributed by atoms with E-state index in [9.17, 15) is 4.39 Å². The van der Waals surface area contributed by atoms with Gasteiger partial charge in [-0.2, -0.15) is 10.4 Å². The van der Waals surface area contributed by atoms with Crippen molar-refractivity contribution in [3.8, 4) is 17.2 Å². The molecule has 2 rings (SSSR count). The Kier molecular flexibility index (Phi) is 3.20. The Bertz CT molecular complexity index is 566. The van der Waals surface area contributed by atoms with Gasteiger partial charge in [-0.1, -0.05) is 6.92 Å². The number of hydrogen-bond donors (Lipinski definition) is 0. The summed E-state index contributed by atoms with van der Waals surface area (Å²) in [6, 6.07) is 6.20. The molecule has 2 aromatic rings. The number of halogens is 1. The first-order valence-corrected chi connectivity index (χ1v) is 5.47. The molecule has 17 heavy (non-hydrogen) atoms. The first-order chi connectivity index (χ1) is 8.24. The minimum absolute atomic E-state index is 0.345. The highest BCUT2D eigenvalue weighted by Gasteiger charge is 2.08. The summed E-state index contributed by atoms with van der Waals surface area (Å²) in [6.45, 7) is 2.88. The molecule has 4 heteroatoms. The summed E-state index contributed by atoms with van der Waals surface area (Å²) in [5.74, 6) is -0.345. The van der Waals surface area contributed by atoms with E-state index in [0.717, 1.165) is 18.5 Å². The zero-order valence-corrected chi connectivity index (χ0v) is 9.52. The zero-order valence-electron chi connectivity index (χ0n) is 9.52. The third-order valence-corrected chi connectivity index (χ3v) is 2.50. The Labute approximate surface area is 99.1 Å². The summed E-state index contributed by atoms with van der Waals surface area (Å²) >= 11 is 0. The molecule has 1 heterocycles. The van der Waals surface area contributed by atoms with Crippen LogP contribution in [0.2, 0.25) is 0 Å². The zero-order chi connectivity index (χ0) is 12.3. The molecule has 0 spiro atoms. The second-order valence-electron chi connectivity index (χ2n) is 3.79. The first-order valence-electron chi connectivity index (χ1n) is 5.47. The molecule has 0 aliphatic carbocycles. The lowest BCUT2D eigenvalue weighted by Gasteiger charge is -2.00. The van der Waals surface area contributed by atoms with E-state index in [1.54, 1.807) is 10.9 Å². The lowest BCUT2D eigenvalue weighted by atomic mass is 10.0. The lowest BCUT2D eigenvalue weighted by Crippen LogP contribution is -1.95. The molecule has 3 nitrogen and oxygen atoms in total. The molecule has 0 N–H and O–H groups in total. The van der Waals surface area contributed by atoms with Crippen molar-refractivity contribution < 1.29 is 4.39 Å². The normalized spacial score (nSPS) is 10.2. The van der Waals surface area contributed by atoms with Crippen LogP contribution in [0.1, 0.15) is 18.9 Å². The van der Waals surface area contributed by atoms with E-state index in [2.05, 4.69) is 18.1 Å². The van der Waals surface area contributed by atoms with E-state index < -0.39 is 0 Å². The second-order valence-corrected chi connectivity index (χ2v) is 3.79. The average Bonchev–Trinajstić information content (AvgIpc) is 2.78. The van der Waals surface area contributed by atoms with Crippen molar-refractivity contribution in [3.63, 3.8) is 0 Å². The van der Waals surface area contributed by atoms with Gasteiger partial charge in [-0.25, -0.2) is 4.39 Å². The van der Waals surface area contributed by atoms with Crippen molar-refractivity contribution in [1.29, 1.82) is 5.26 Å². The summed E-state index contributed by atoms with van der Waals surface area (Å²) in [6.07, 6.45) is 4.47. The minimum Gasteiger partial charge on any atom is -0.272 e. The average molecular weight is 229 g/mol. The topological polar surface area (TPSA) is 41.6 Å². The molecule has 0 unspecified atom stereocenters. The van der Waals surface area contributed by atoms with E-state index in [0.29, 0.717) is 11.1 Å². The van der Waals surface area contributed by atoms with Crippen molar-refractivity contribution in [2.75, 3.05) is 0 Å². The van der Waals surface area contributed by atoms with Crippen LogP contribution in [0, 0.1) is 17.1 Å². The molecular weight excluding hydrogens is 217 g/mol. The van der Waals surface area contributed by atoms with Crippen LogP contribution in [-0.4, -0.2) is 9.78 Å². The van der Waals surface area contributed by atoms with E-state index >= 15 is 0 Å². The number of aromatic nitrogens is 2. The van der Waals surface area contributed by atoms with Gasteiger partial charge in [-0.15, -0.1) is 0 Å². The van der Waals surface area contributed by atoms with Crippen LogP contribution in [0.5, 0.6) is 0 Å².